The number of carbonyl (C=O) groups excluding carboxylic acids is 1. The van der Waals surface area contributed by atoms with Gasteiger partial charge >= 0.3 is 0 Å². The van der Waals surface area contributed by atoms with Gasteiger partial charge < -0.3 is 14.6 Å². The first kappa shape index (κ1) is 18.2. The van der Waals surface area contributed by atoms with Crippen LogP contribution in [0.15, 0.2) is 12.1 Å². The van der Waals surface area contributed by atoms with Crippen molar-refractivity contribution in [2.75, 3.05) is 19.8 Å². The van der Waals surface area contributed by atoms with Crippen LogP contribution >= 0.6 is 0 Å². The van der Waals surface area contributed by atoms with Crippen LogP contribution in [-0.2, 0) is 9.53 Å². The van der Waals surface area contributed by atoms with Gasteiger partial charge in [0.05, 0.1) is 6.61 Å². The molecule has 1 amide bonds. The van der Waals surface area contributed by atoms with Crippen molar-refractivity contribution < 1.29 is 9.53 Å². The molecule has 1 aromatic heterocycles. The van der Waals surface area contributed by atoms with E-state index in [9.17, 15) is 4.79 Å². The summed E-state index contributed by atoms with van der Waals surface area (Å²) in [6.07, 6.45) is 12.5. The van der Waals surface area contributed by atoms with E-state index in [-0.39, 0.29) is 5.91 Å². The molecule has 2 aliphatic rings. The molecular weight excluding hydrogens is 312 g/mol. The third-order valence-corrected chi connectivity index (χ3v) is 5.70. The Morgan fingerprint density at radius 1 is 1.24 bits per heavy atom. The summed E-state index contributed by atoms with van der Waals surface area (Å²) in [4.78, 5) is 12.1. The molecule has 1 aromatic rings. The van der Waals surface area contributed by atoms with Crippen molar-refractivity contribution >= 4 is 12.0 Å². The fraction of sp³-hybridized carbons (Fsp3) is 0.667. The van der Waals surface area contributed by atoms with Crippen LogP contribution in [0.25, 0.3) is 6.08 Å². The molecule has 1 saturated carbocycles. The number of rotatable bonds is 5. The highest BCUT2D eigenvalue weighted by atomic mass is 16.5. The lowest BCUT2D eigenvalue weighted by Crippen LogP contribution is -2.32. The van der Waals surface area contributed by atoms with E-state index in [0.717, 1.165) is 26.1 Å². The third-order valence-electron chi connectivity index (χ3n) is 5.70. The zero-order valence-corrected chi connectivity index (χ0v) is 15.7. The van der Waals surface area contributed by atoms with Gasteiger partial charge in [0.1, 0.15) is 0 Å². The van der Waals surface area contributed by atoms with Crippen molar-refractivity contribution in [3.8, 4) is 0 Å². The second-order valence-electron chi connectivity index (χ2n) is 7.65. The molecule has 0 unspecified atom stereocenters. The number of hydrogen-bond acceptors (Lipinski definition) is 2. The summed E-state index contributed by atoms with van der Waals surface area (Å²) >= 11 is 0. The average molecular weight is 344 g/mol. The quantitative estimate of drug-likeness (QED) is 0.815. The van der Waals surface area contributed by atoms with Crippen molar-refractivity contribution in [1.82, 2.24) is 9.88 Å². The second kappa shape index (κ2) is 8.70. The minimum Gasteiger partial charge on any atom is -0.381 e. The predicted molar refractivity (Wildman–Crippen MR) is 102 cm³/mol. The van der Waals surface area contributed by atoms with E-state index in [4.69, 9.17) is 4.74 Å². The molecule has 2 fully saturated rings. The molecule has 1 saturated heterocycles. The van der Waals surface area contributed by atoms with Crippen molar-refractivity contribution in [3.63, 3.8) is 0 Å². The van der Waals surface area contributed by atoms with Crippen LogP contribution in [-0.4, -0.2) is 30.2 Å². The molecule has 4 nitrogen and oxygen atoms in total. The summed E-state index contributed by atoms with van der Waals surface area (Å²) < 4.78 is 7.94. The number of aromatic nitrogens is 1. The topological polar surface area (TPSA) is 43.3 Å². The molecule has 0 aromatic carbocycles. The Labute approximate surface area is 151 Å². The average Bonchev–Trinajstić information content (AvgIpc) is 2.93. The molecule has 1 aliphatic carbocycles. The Morgan fingerprint density at radius 3 is 2.76 bits per heavy atom. The number of amides is 1. The second-order valence-corrected chi connectivity index (χ2v) is 7.65. The normalized spacial score (nSPS) is 22.4. The predicted octanol–water partition coefficient (Wildman–Crippen LogP) is 4.17. The maximum Gasteiger partial charge on any atom is 0.244 e. The lowest BCUT2D eigenvalue weighted by molar-refractivity contribution is -0.116. The van der Waals surface area contributed by atoms with Crippen LogP contribution in [0.5, 0.6) is 0 Å². The molecule has 2 heterocycles. The maximum absolute atomic E-state index is 12.1. The summed E-state index contributed by atoms with van der Waals surface area (Å²) in [5.41, 5.74) is 3.76. The molecule has 25 heavy (non-hydrogen) atoms. The van der Waals surface area contributed by atoms with Crippen LogP contribution in [0.2, 0.25) is 0 Å². The lowest BCUT2D eigenvalue weighted by atomic mass is 9.95. The summed E-state index contributed by atoms with van der Waals surface area (Å²) in [7, 11) is 0. The molecule has 1 atom stereocenters. The first-order chi connectivity index (χ1) is 12.1. The number of hydrogen-bond donors (Lipinski definition) is 1. The molecule has 0 bridgehead atoms. The number of nitrogens with one attached hydrogen (secondary N) is 1. The van der Waals surface area contributed by atoms with Crippen molar-refractivity contribution in [1.29, 1.82) is 0 Å². The van der Waals surface area contributed by atoms with Gasteiger partial charge in [-0.05, 0) is 63.2 Å². The molecule has 4 heteroatoms. The molecule has 0 spiro atoms. The zero-order chi connectivity index (χ0) is 17.6. The first-order valence-corrected chi connectivity index (χ1v) is 9.87. The van der Waals surface area contributed by atoms with Crippen LogP contribution in [0.3, 0.4) is 0 Å². The van der Waals surface area contributed by atoms with Gasteiger partial charge in [-0.1, -0.05) is 19.3 Å². The van der Waals surface area contributed by atoms with E-state index in [1.54, 1.807) is 6.08 Å². The van der Waals surface area contributed by atoms with Gasteiger partial charge in [0, 0.05) is 36.7 Å². The van der Waals surface area contributed by atoms with E-state index in [1.165, 1.54) is 49.1 Å². The van der Waals surface area contributed by atoms with Crippen molar-refractivity contribution in [3.05, 3.63) is 29.1 Å². The van der Waals surface area contributed by atoms with E-state index in [2.05, 4.69) is 29.8 Å². The molecule has 138 valence electrons. The van der Waals surface area contributed by atoms with Crippen molar-refractivity contribution in [2.45, 2.75) is 64.8 Å². The number of nitrogens with zero attached hydrogens (tertiary/aromatic N) is 1. The van der Waals surface area contributed by atoms with Gasteiger partial charge in [-0.25, -0.2) is 0 Å². The number of ether oxygens (including phenoxy) is 1. The van der Waals surface area contributed by atoms with Gasteiger partial charge in [-0.3, -0.25) is 4.79 Å². The molecular formula is C21H32N2O2. The summed E-state index contributed by atoms with van der Waals surface area (Å²) in [5.74, 6) is 0.454. The highest BCUT2D eigenvalue weighted by molar-refractivity contribution is 5.91. The minimum atomic E-state index is -0.00644. The van der Waals surface area contributed by atoms with E-state index in [0.29, 0.717) is 18.5 Å². The third kappa shape index (κ3) is 4.75. The van der Waals surface area contributed by atoms with Crippen molar-refractivity contribution in [2.24, 2.45) is 5.92 Å². The first-order valence-electron chi connectivity index (χ1n) is 9.87. The fourth-order valence-corrected chi connectivity index (χ4v) is 4.31. The summed E-state index contributed by atoms with van der Waals surface area (Å²) in [6, 6.07) is 2.85. The van der Waals surface area contributed by atoms with Gasteiger partial charge in [-0.15, -0.1) is 0 Å². The minimum absolute atomic E-state index is 0.00644. The Bertz CT molecular complexity index is 606. The van der Waals surface area contributed by atoms with Gasteiger partial charge in [0.25, 0.3) is 0 Å². The molecule has 0 radical (unpaired) electrons. The zero-order valence-electron chi connectivity index (χ0n) is 15.7. The summed E-state index contributed by atoms with van der Waals surface area (Å²) in [5, 5.41) is 3.01. The number of aryl methyl sites for hydroxylation is 1. The smallest absolute Gasteiger partial charge is 0.244 e. The molecule has 1 aliphatic heterocycles. The van der Waals surface area contributed by atoms with Gasteiger partial charge in [0.2, 0.25) is 5.91 Å². The lowest BCUT2D eigenvalue weighted by Gasteiger charge is -2.26. The van der Waals surface area contributed by atoms with Gasteiger partial charge in [-0.2, -0.15) is 0 Å². The Kier molecular flexibility index (Phi) is 6.35. The van der Waals surface area contributed by atoms with Crippen LogP contribution < -0.4 is 5.32 Å². The largest absolute Gasteiger partial charge is 0.381 e. The Morgan fingerprint density at radius 2 is 2.04 bits per heavy atom. The SMILES string of the molecule is Cc1cc(/C=C/C(=O)NC[C@H]2CCCOC2)c(C)n1C1CCCCC1. The highest BCUT2D eigenvalue weighted by Gasteiger charge is 2.19. The summed E-state index contributed by atoms with van der Waals surface area (Å²) in [6.45, 7) is 6.71. The monoisotopic (exact) mass is 344 g/mol. The van der Waals surface area contributed by atoms with E-state index in [1.807, 2.05) is 6.08 Å². The highest BCUT2D eigenvalue weighted by Crippen LogP contribution is 2.32. The Balaban J connectivity index is 1.58. The van der Waals surface area contributed by atoms with Gasteiger partial charge in [0.15, 0.2) is 0 Å². The van der Waals surface area contributed by atoms with E-state index >= 15 is 0 Å². The van der Waals surface area contributed by atoms with E-state index < -0.39 is 0 Å². The van der Waals surface area contributed by atoms with Crippen LogP contribution in [0, 0.1) is 19.8 Å². The number of carbonyl (C=O) groups is 1. The molecule has 3 rings (SSSR count). The fourth-order valence-electron chi connectivity index (χ4n) is 4.31. The van der Waals surface area contributed by atoms with Crippen LogP contribution in [0.4, 0.5) is 0 Å². The standard InChI is InChI=1S/C21H32N2O2/c1-16-13-19(17(2)23(16)20-8-4-3-5-9-20)10-11-21(24)22-14-18-7-6-12-25-15-18/h10-11,13,18,20H,3-9,12,14-15H2,1-2H3,(H,22,24)/b11-10+/t18-/m1/s1. The Hall–Kier alpha value is -1.55. The maximum atomic E-state index is 12.1. The van der Waals surface area contributed by atoms with Crippen LogP contribution in [0.1, 0.15) is 67.9 Å². The molecule has 1 N–H and O–H groups in total.